The summed E-state index contributed by atoms with van der Waals surface area (Å²) in [5, 5.41) is 0. The quantitative estimate of drug-likeness (QED) is 0.878. The zero-order chi connectivity index (χ0) is 12.0. The number of aryl methyl sites for hydroxylation is 3. The van der Waals surface area contributed by atoms with Crippen LogP contribution in [0.15, 0.2) is 18.3 Å². The molecule has 2 aromatic heterocycles. The molecule has 0 saturated heterocycles. The summed E-state index contributed by atoms with van der Waals surface area (Å²) in [6, 6.07) is 4.26. The highest BCUT2D eigenvalue weighted by molar-refractivity contribution is 5.45. The fourth-order valence-corrected chi connectivity index (χ4v) is 2.39. The first-order valence-corrected chi connectivity index (χ1v) is 6.30. The van der Waals surface area contributed by atoms with Gasteiger partial charge in [0.2, 0.25) is 0 Å². The maximum atomic E-state index is 6.15. The Morgan fingerprint density at radius 2 is 2.18 bits per heavy atom. The molecule has 1 aliphatic carbocycles. The van der Waals surface area contributed by atoms with Crippen LogP contribution in [0.25, 0.3) is 5.65 Å². The molecule has 17 heavy (non-hydrogen) atoms. The maximum absolute atomic E-state index is 6.15. The Bertz CT molecular complexity index is 564. The monoisotopic (exact) mass is 229 g/mol. The molecule has 1 fully saturated rings. The van der Waals surface area contributed by atoms with Crippen LogP contribution in [0, 0.1) is 13.8 Å². The molecule has 0 aromatic carbocycles. The van der Waals surface area contributed by atoms with Gasteiger partial charge in [-0.05, 0) is 57.2 Å². The van der Waals surface area contributed by atoms with Crippen molar-refractivity contribution < 1.29 is 0 Å². The summed E-state index contributed by atoms with van der Waals surface area (Å²) < 4.78 is 2.20. The average Bonchev–Trinajstić information content (AvgIpc) is 2.91. The third-order valence-corrected chi connectivity index (χ3v) is 3.83. The number of fused-ring (bicyclic) bond motifs is 1. The molecule has 3 heteroatoms. The van der Waals surface area contributed by atoms with E-state index in [9.17, 15) is 0 Å². The molecule has 2 heterocycles. The lowest BCUT2D eigenvalue weighted by Crippen LogP contribution is -2.22. The third-order valence-electron chi connectivity index (χ3n) is 3.83. The van der Waals surface area contributed by atoms with Gasteiger partial charge >= 0.3 is 0 Å². The Hall–Kier alpha value is -1.35. The second kappa shape index (κ2) is 3.57. The highest BCUT2D eigenvalue weighted by Crippen LogP contribution is 2.36. The Kier molecular flexibility index (Phi) is 2.26. The summed E-state index contributed by atoms with van der Waals surface area (Å²) in [5.74, 6) is 0. The molecular formula is C14H19N3. The van der Waals surface area contributed by atoms with E-state index in [1.54, 1.807) is 0 Å². The smallest absolute Gasteiger partial charge is 0.137 e. The molecule has 2 N–H and O–H groups in total. The molecule has 3 rings (SSSR count). The normalized spacial score (nSPS) is 17.6. The largest absolute Gasteiger partial charge is 0.325 e. The molecule has 0 amide bonds. The molecule has 0 unspecified atom stereocenters. The zero-order valence-corrected chi connectivity index (χ0v) is 10.5. The van der Waals surface area contributed by atoms with Crippen LogP contribution in [0.5, 0.6) is 0 Å². The van der Waals surface area contributed by atoms with E-state index in [0.717, 1.165) is 24.2 Å². The fourth-order valence-electron chi connectivity index (χ4n) is 2.39. The number of nitrogens with two attached hydrogens (primary N) is 1. The minimum atomic E-state index is 0.126. The molecule has 0 bridgehead atoms. The van der Waals surface area contributed by atoms with Crippen LogP contribution < -0.4 is 5.73 Å². The molecule has 0 aliphatic heterocycles. The minimum Gasteiger partial charge on any atom is -0.325 e. The van der Waals surface area contributed by atoms with Gasteiger partial charge in [-0.2, -0.15) is 0 Å². The van der Waals surface area contributed by atoms with Crippen LogP contribution in [0.3, 0.4) is 0 Å². The van der Waals surface area contributed by atoms with Crippen molar-refractivity contribution in [2.45, 2.75) is 45.1 Å². The lowest BCUT2D eigenvalue weighted by atomic mass is 10.1. The first kappa shape index (κ1) is 10.8. The Morgan fingerprint density at radius 3 is 2.88 bits per heavy atom. The standard InChI is InChI=1S/C14H19N3/c1-10-4-8-17-12(3-5-14(15)6-7-14)11(2)16-13(17)9-10/h4,8-9H,3,5-7,15H2,1-2H3. The Balaban J connectivity index is 1.94. The van der Waals surface area contributed by atoms with E-state index in [1.807, 2.05) is 0 Å². The number of aromatic nitrogens is 2. The summed E-state index contributed by atoms with van der Waals surface area (Å²) in [4.78, 5) is 4.62. The molecule has 0 atom stereocenters. The van der Waals surface area contributed by atoms with E-state index in [-0.39, 0.29) is 5.54 Å². The molecular weight excluding hydrogens is 210 g/mol. The van der Waals surface area contributed by atoms with Gasteiger partial charge < -0.3 is 10.1 Å². The van der Waals surface area contributed by atoms with Gasteiger partial charge in [0.1, 0.15) is 5.65 Å². The van der Waals surface area contributed by atoms with E-state index in [4.69, 9.17) is 5.73 Å². The predicted octanol–water partition coefficient (Wildman–Crippen LogP) is 2.38. The van der Waals surface area contributed by atoms with E-state index in [1.165, 1.54) is 24.1 Å². The van der Waals surface area contributed by atoms with Gasteiger partial charge in [0.15, 0.2) is 0 Å². The van der Waals surface area contributed by atoms with Crippen molar-refractivity contribution in [3.63, 3.8) is 0 Å². The first-order valence-electron chi connectivity index (χ1n) is 6.30. The summed E-state index contributed by atoms with van der Waals surface area (Å²) in [6.07, 6.45) is 6.60. The summed E-state index contributed by atoms with van der Waals surface area (Å²) in [5.41, 5.74) is 11.0. The van der Waals surface area contributed by atoms with Crippen molar-refractivity contribution in [3.05, 3.63) is 35.3 Å². The van der Waals surface area contributed by atoms with E-state index in [2.05, 4.69) is 41.6 Å². The van der Waals surface area contributed by atoms with Gasteiger partial charge in [-0.1, -0.05) is 0 Å². The lowest BCUT2D eigenvalue weighted by molar-refractivity contribution is 0.600. The average molecular weight is 229 g/mol. The number of imidazole rings is 1. The highest BCUT2D eigenvalue weighted by atomic mass is 15.0. The highest BCUT2D eigenvalue weighted by Gasteiger charge is 2.37. The molecule has 2 aromatic rings. The first-order chi connectivity index (χ1) is 8.07. The maximum Gasteiger partial charge on any atom is 0.137 e. The number of pyridine rings is 1. The number of hydrogen-bond acceptors (Lipinski definition) is 2. The molecule has 0 radical (unpaired) electrons. The SMILES string of the molecule is Cc1ccn2c(CCC3(N)CC3)c(C)nc2c1. The van der Waals surface area contributed by atoms with Crippen molar-refractivity contribution in [1.82, 2.24) is 9.38 Å². The van der Waals surface area contributed by atoms with Crippen LogP contribution in [0.2, 0.25) is 0 Å². The van der Waals surface area contributed by atoms with Crippen molar-refractivity contribution in [3.8, 4) is 0 Å². The van der Waals surface area contributed by atoms with Crippen molar-refractivity contribution in [2.75, 3.05) is 0 Å². The third kappa shape index (κ3) is 1.95. The summed E-state index contributed by atoms with van der Waals surface area (Å²) in [7, 11) is 0. The number of nitrogens with zero attached hydrogens (tertiary/aromatic N) is 2. The second-order valence-electron chi connectivity index (χ2n) is 5.44. The van der Waals surface area contributed by atoms with Crippen molar-refractivity contribution in [1.29, 1.82) is 0 Å². The molecule has 3 nitrogen and oxygen atoms in total. The molecule has 0 spiro atoms. The zero-order valence-electron chi connectivity index (χ0n) is 10.5. The van der Waals surface area contributed by atoms with Gasteiger partial charge in [-0.25, -0.2) is 4.98 Å². The Labute approximate surface area is 102 Å². The van der Waals surface area contributed by atoms with Gasteiger partial charge in [0.25, 0.3) is 0 Å². The van der Waals surface area contributed by atoms with Crippen LogP contribution in [-0.2, 0) is 6.42 Å². The van der Waals surface area contributed by atoms with Gasteiger partial charge in [-0.3, -0.25) is 0 Å². The van der Waals surface area contributed by atoms with Crippen LogP contribution >= 0.6 is 0 Å². The van der Waals surface area contributed by atoms with Crippen molar-refractivity contribution >= 4 is 5.65 Å². The summed E-state index contributed by atoms with van der Waals surface area (Å²) in [6.45, 7) is 4.19. The number of rotatable bonds is 3. The van der Waals surface area contributed by atoms with E-state index in [0.29, 0.717) is 0 Å². The Morgan fingerprint density at radius 1 is 1.41 bits per heavy atom. The van der Waals surface area contributed by atoms with Crippen LogP contribution in [0.1, 0.15) is 36.2 Å². The van der Waals surface area contributed by atoms with Crippen LogP contribution in [0.4, 0.5) is 0 Å². The second-order valence-corrected chi connectivity index (χ2v) is 5.44. The molecule has 90 valence electrons. The topological polar surface area (TPSA) is 43.3 Å². The summed E-state index contributed by atoms with van der Waals surface area (Å²) >= 11 is 0. The predicted molar refractivity (Wildman–Crippen MR) is 69.1 cm³/mol. The number of hydrogen-bond donors (Lipinski definition) is 1. The minimum absolute atomic E-state index is 0.126. The van der Waals surface area contributed by atoms with E-state index >= 15 is 0 Å². The van der Waals surface area contributed by atoms with Gasteiger partial charge in [0.05, 0.1) is 5.69 Å². The van der Waals surface area contributed by atoms with Gasteiger partial charge in [0, 0.05) is 17.4 Å². The van der Waals surface area contributed by atoms with Crippen molar-refractivity contribution in [2.24, 2.45) is 5.73 Å². The van der Waals surface area contributed by atoms with Crippen LogP contribution in [-0.4, -0.2) is 14.9 Å². The fraction of sp³-hybridized carbons (Fsp3) is 0.500. The molecule has 1 aliphatic rings. The van der Waals surface area contributed by atoms with E-state index < -0.39 is 0 Å². The van der Waals surface area contributed by atoms with Gasteiger partial charge in [-0.15, -0.1) is 0 Å². The molecule has 1 saturated carbocycles. The lowest BCUT2D eigenvalue weighted by Gasteiger charge is -2.08.